The molecule has 10 heteroatoms. The van der Waals surface area contributed by atoms with Crippen LogP contribution in [-0.2, 0) is 26.2 Å². The number of benzene rings is 2. The van der Waals surface area contributed by atoms with Gasteiger partial charge in [-0.15, -0.1) is 0 Å². The number of anilines is 1. The molecule has 2 amide bonds. The van der Waals surface area contributed by atoms with E-state index in [1.165, 1.54) is 23.1 Å². The van der Waals surface area contributed by atoms with Gasteiger partial charge in [-0.25, -0.2) is 12.8 Å². The van der Waals surface area contributed by atoms with Gasteiger partial charge in [-0.3, -0.25) is 13.9 Å². The molecule has 0 bridgehead atoms. The molecular formula is C25H33ClFN3O4S. The second-order valence-corrected chi connectivity index (χ2v) is 11.7. The zero-order valence-electron chi connectivity index (χ0n) is 20.7. The highest BCUT2D eigenvalue weighted by Crippen LogP contribution is 2.23. The molecule has 35 heavy (non-hydrogen) atoms. The van der Waals surface area contributed by atoms with Gasteiger partial charge in [0.15, 0.2) is 0 Å². The molecule has 0 aromatic heterocycles. The van der Waals surface area contributed by atoms with E-state index in [0.717, 1.165) is 10.6 Å². The van der Waals surface area contributed by atoms with Gasteiger partial charge in [0, 0.05) is 30.1 Å². The van der Waals surface area contributed by atoms with E-state index in [1.807, 2.05) is 20.8 Å². The number of hydrogen-bond donors (Lipinski definition) is 1. The van der Waals surface area contributed by atoms with E-state index in [1.54, 1.807) is 37.3 Å². The van der Waals surface area contributed by atoms with E-state index in [2.05, 4.69) is 5.32 Å². The summed E-state index contributed by atoms with van der Waals surface area (Å²) >= 11 is 6.30. The summed E-state index contributed by atoms with van der Waals surface area (Å²) in [5.41, 5.74) is 0.121. The zero-order chi connectivity index (χ0) is 26.4. The molecule has 2 rings (SSSR count). The Morgan fingerprint density at radius 3 is 2.26 bits per heavy atom. The molecule has 192 valence electrons. The first-order chi connectivity index (χ1) is 16.2. The van der Waals surface area contributed by atoms with Crippen molar-refractivity contribution in [3.05, 3.63) is 64.9 Å². The Morgan fingerprint density at radius 1 is 1.09 bits per heavy atom. The number of amides is 2. The summed E-state index contributed by atoms with van der Waals surface area (Å²) in [4.78, 5) is 27.5. The van der Waals surface area contributed by atoms with E-state index >= 15 is 0 Å². The zero-order valence-corrected chi connectivity index (χ0v) is 22.3. The molecule has 0 saturated heterocycles. The van der Waals surface area contributed by atoms with Crippen LogP contribution in [0.3, 0.4) is 0 Å². The summed E-state index contributed by atoms with van der Waals surface area (Å²) in [6, 6.07) is 11.8. The summed E-state index contributed by atoms with van der Waals surface area (Å²) in [7, 11) is -3.78. The van der Waals surface area contributed by atoms with E-state index in [9.17, 15) is 22.4 Å². The lowest BCUT2D eigenvalue weighted by Crippen LogP contribution is -2.52. The lowest BCUT2D eigenvalue weighted by molar-refractivity contribution is -0.141. The molecule has 0 aliphatic rings. The van der Waals surface area contributed by atoms with E-state index in [4.69, 9.17) is 11.6 Å². The normalized spacial score (nSPS) is 12.7. The molecule has 0 aliphatic heterocycles. The highest BCUT2D eigenvalue weighted by atomic mass is 35.5. The topological polar surface area (TPSA) is 86.8 Å². The van der Waals surface area contributed by atoms with Crippen molar-refractivity contribution in [3.8, 4) is 0 Å². The third-order valence-electron chi connectivity index (χ3n) is 5.24. The fourth-order valence-electron chi connectivity index (χ4n) is 3.50. The van der Waals surface area contributed by atoms with Crippen LogP contribution in [0.2, 0.25) is 5.02 Å². The Hall–Kier alpha value is -2.65. The SMILES string of the molecule is CC(C(=O)NC(C)(C)C)N(Cc1ccccc1Cl)C(=O)CCCN(c1ccccc1F)S(C)(=O)=O. The molecule has 1 N–H and O–H groups in total. The van der Waals surface area contributed by atoms with Gasteiger partial charge in [0.1, 0.15) is 11.9 Å². The van der Waals surface area contributed by atoms with Crippen molar-refractivity contribution >= 4 is 39.1 Å². The molecule has 0 aliphatic carbocycles. The fraction of sp³-hybridized carbons (Fsp3) is 0.440. The van der Waals surface area contributed by atoms with Crippen LogP contribution in [0.25, 0.3) is 0 Å². The van der Waals surface area contributed by atoms with Crippen LogP contribution in [0.1, 0.15) is 46.1 Å². The van der Waals surface area contributed by atoms with Crippen molar-refractivity contribution < 1.29 is 22.4 Å². The fourth-order valence-corrected chi connectivity index (χ4v) is 4.66. The Bertz CT molecular complexity index is 1150. The highest BCUT2D eigenvalue weighted by Gasteiger charge is 2.29. The minimum Gasteiger partial charge on any atom is -0.350 e. The largest absolute Gasteiger partial charge is 0.350 e. The Balaban J connectivity index is 2.21. The van der Waals surface area contributed by atoms with Gasteiger partial charge in [0.2, 0.25) is 21.8 Å². The number of carbonyl (C=O) groups excluding carboxylic acids is 2. The summed E-state index contributed by atoms with van der Waals surface area (Å²) < 4.78 is 39.8. The number of hydrogen-bond acceptors (Lipinski definition) is 4. The summed E-state index contributed by atoms with van der Waals surface area (Å²) in [5.74, 6) is -1.33. The van der Waals surface area contributed by atoms with Crippen molar-refractivity contribution in [3.63, 3.8) is 0 Å². The van der Waals surface area contributed by atoms with Crippen LogP contribution in [0, 0.1) is 5.82 Å². The molecule has 2 aromatic carbocycles. The average molecular weight is 526 g/mol. The first-order valence-corrected chi connectivity index (χ1v) is 13.5. The number of nitrogens with zero attached hydrogens (tertiary/aromatic N) is 2. The lowest BCUT2D eigenvalue weighted by Gasteiger charge is -2.32. The van der Waals surface area contributed by atoms with Crippen LogP contribution in [0.5, 0.6) is 0 Å². The summed E-state index contributed by atoms with van der Waals surface area (Å²) in [5, 5.41) is 3.35. The number of rotatable bonds is 10. The average Bonchev–Trinajstić information content (AvgIpc) is 2.74. The molecule has 0 spiro atoms. The van der Waals surface area contributed by atoms with Gasteiger partial charge >= 0.3 is 0 Å². The molecule has 0 saturated carbocycles. The first kappa shape index (κ1) is 28.6. The number of para-hydroxylation sites is 1. The first-order valence-electron chi connectivity index (χ1n) is 11.3. The van der Waals surface area contributed by atoms with Gasteiger partial charge in [0.05, 0.1) is 11.9 Å². The molecule has 0 fully saturated rings. The summed E-state index contributed by atoms with van der Waals surface area (Å²) in [6.45, 7) is 7.20. The molecule has 0 radical (unpaired) electrons. The van der Waals surface area contributed by atoms with E-state index in [-0.39, 0.29) is 43.4 Å². The van der Waals surface area contributed by atoms with Crippen LogP contribution in [0.4, 0.5) is 10.1 Å². The van der Waals surface area contributed by atoms with Crippen LogP contribution in [0.15, 0.2) is 48.5 Å². The number of halogens is 2. The Kier molecular flexibility index (Phi) is 9.68. The van der Waals surface area contributed by atoms with E-state index in [0.29, 0.717) is 10.6 Å². The van der Waals surface area contributed by atoms with Crippen molar-refractivity contribution in [2.24, 2.45) is 0 Å². The third kappa shape index (κ3) is 8.50. The second kappa shape index (κ2) is 11.9. The van der Waals surface area contributed by atoms with Crippen LogP contribution >= 0.6 is 11.6 Å². The van der Waals surface area contributed by atoms with Gasteiger partial charge in [0.25, 0.3) is 0 Å². The number of nitrogens with one attached hydrogen (secondary N) is 1. The van der Waals surface area contributed by atoms with E-state index < -0.39 is 27.4 Å². The predicted octanol–water partition coefficient (Wildman–Crippen LogP) is 4.36. The van der Waals surface area contributed by atoms with Crippen LogP contribution < -0.4 is 9.62 Å². The van der Waals surface area contributed by atoms with Gasteiger partial charge < -0.3 is 10.2 Å². The van der Waals surface area contributed by atoms with Gasteiger partial charge in [-0.05, 0) is 57.9 Å². The maximum atomic E-state index is 14.3. The molecule has 7 nitrogen and oxygen atoms in total. The minimum absolute atomic E-state index is 0.0436. The second-order valence-electron chi connectivity index (χ2n) is 9.42. The van der Waals surface area contributed by atoms with Gasteiger partial charge in [-0.2, -0.15) is 0 Å². The van der Waals surface area contributed by atoms with Crippen molar-refractivity contribution in [1.82, 2.24) is 10.2 Å². The molecule has 1 unspecified atom stereocenters. The van der Waals surface area contributed by atoms with Crippen LogP contribution in [-0.4, -0.2) is 49.5 Å². The number of sulfonamides is 1. The smallest absolute Gasteiger partial charge is 0.242 e. The third-order valence-corrected chi connectivity index (χ3v) is 6.79. The lowest BCUT2D eigenvalue weighted by atomic mass is 10.1. The number of carbonyl (C=O) groups is 2. The monoisotopic (exact) mass is 525 g/mol. The Labute approximate surface area is 212 Å². The summed E-state index contributed by atoms with van der Waals surface area (Å²) in [6.07, 6.45) is 1.08. The van der Waals surface area contributed by atoms with Crippen molar-refractivity contribution in [2.45, 2.75) is 58.7 Å². The molecule has 2 aromatic rings. The predicted molar refractivity (Wildman–Crippen MR) is 137 cm³/mol. The van der Waals surface area contributed by atoms with Gasteiger partial charge in [-0.1, -0.05) is 41.9 Å². The highest BCUT2D eigenvalue weighted by molar-refractivity contribution is 7.92. The van der Waals surface area contributed by atoms with Crippen molar-refractivity contribution in [1.29, 1.82) is 0 Å². The Morgan fingerprint density at radius 2 is 1.69 bits per heavy atom. The quantitative estimate of drug-likeness (QED) is 0.499. The maximum absolute atomic E-state index is 14.3. The minimum atomic E-state index is -3.78. The molecule has 1 atom stereocenters. The standard InChI is InChI=1S/C25H33ClFN3O4S/c1-18(24(32)28-25(2,3)4)29(17-19-11-6-7-12-20(19)26)23(31)15-10-16-30(35(5,33)34)22-14-9-8-13-21(22)27/h6-9,11-14,18H,10,15-17H2,1-5H3,(H,28,32). The maximum Gasteiger partial charge on any atom is 0.242 e. The molecule has 0 heterocycles. The molecular weight excluding hydrogens is 493 g/mol. The van der Waals surface area contributed by atoms with Crippen molar-refractivity contribution in [2.75, 3.05) is 17.1 Å².